The standard InChI is InChI=1S/C23H32N2O3S/c1-17(2)22-14-21(11-12-23(22)28-4)29(26,27)24-15-19-7-9-20(10-8-19)25-13-5-6-18(3)16-25/h7-12,14,17-18,24H,5-6,13,15-16H2,1-4H3. The molecule has 0 bridgehead atoms. The lowest BCUT2D eigenvalue weighted by Gasteiger charge is -2.32. The lowest BCUT2D eigenvalue weighted by molar-refractivity contribution is 0.407. The average Bonchev–Trinajstić information content (AvgIpc) is 2.72. The summed E-state index contributed by atoms with van der Waals surface area (Å²) < 4.78 is 33.6. The van der Waals surface area contributed by atoms with Gasteiger partial charge in [0.15, 0.2) is 0 Å². The van der Waals surface area contributed by atoms with Crippen LogP contribution in [0.3, 0.4) is 0 Å². The molecule has 1 N–H and O–H groups in total. The molecule has 29 heavy (non-hydrogen) atoms. The van der Waals surface area contributed by atoms with Crippen molar-refractivity contribution in [3.8, 4) is 5.75 Å². The largest absolute Gasteiger partial charge is 0.496 e. The second-order valence-electron chi connectivity index (χ2n) is 8.24. The Hall–Kier alpha value is -2.05. The third-order valence-corrected chi connectivity index (χ3v) is 6.96. The maximum Gasteiger partial charge on any atom is 0.240 e. The first kappa shape index (κ1) is 21.7. The van der Waals surface area contributed by atoms with Gasteiger partial charge in [0.25, 0.3) is 0 Å². The summed E-state index contributed by atoms with van der Waals surface area (Å²) >= 11 is 0. The topological polar surface area (TPSA) is 58.6 Å². The molecular weight excluding hydrogens is 384 g/mol. The van der Waals surface area contributed by atoms with E-state index in [1.807, 2.05) is 26.0 Å². The van der Waals surface area contributed by atoms with Gasteiger partial charge in [-0.3, -0.25) is 0 Å². The summed E-state index contributed by atoms with van der Waals surface area (Å²) in [5, 5.41) is 0. The van der Waals surface area contributed by atoms with E-state index in [0.29, 0.717) is 5.75 Å². The highest BCUT2D eigenvalue weighted by Gasteiger charge is 2.19. The van der Waals surface area contributed by atoms with Crippen molar-refractivity contribution in [1.29, 1.82) is 0 Å². The quantitative estimate of drug-likeness (QED) is 0.720. The zero-order valence-corrected chi connectivity index (χ0v) is 18.6. The summed E-state index contributed by atoms with van der Waals surface area (Å²) in [5.41, 5.74) is 3.04. The van der Waals surface area contributed by atoms with Crippen LogP contribution in [-0.4, -0.2) is 28.6 Å². The number of ether oxygens (including phenoxy) is 1. The summed E-state index contributed by atoms with van der Waals surface area (Å²) in [5.74, 6) is 1.60. The SMILES string of the molecule is COc1ccc(S(=O)(=O)NCc2ccc(N3CCCC(C)C3)cc2)cc1C(C)C. The Labute approximate surface area is 175 Å². The molecule has 1 heterocycles. The van der Waals surface area contributed by atoms with E-state index in [-0.39, 0.29) is 17.4 Å². The minimum Gasteiger partial charge on any atom is -0.496 e. The Balaban J connectivity index is 1.68. The number of hydrogen-bond acceptors (Lipinski definition) is 4. The van der Waals surface area contributed by atoms with Gasteiger partial charge >= 0.3 is 0 Å². The Bertz CT molecular complexity index is 924. The van der Waals surface area contributed by atoms with Crippen molar-refractivity contribution in [2.75, 3.05) is 25.1 Å². The van der Waals surface area contributed by atoms with Gasteiger partial charge in [-0.15, -0.1) is 0 Å². The van der Waals surface area contributed by atoms with E-state index in [1.54, 1.807) is 25.3 Å². The molecule has 1 unspecified atom stereocenters. The number of benzene rings is 2. The molecule has 1 atom stereocenters. The lowest BCUT2D eigenvalue weighted by Crippen LogP contribution is -2.34. The molecule has 3 rings (SSSR count). The van der Waals surface area contributed by atoms with Crippen LogP contribution in [0.25, 0.3) is 0 Å². The Morgan fingerprint density at radius 3 is 2.52 bits per heavy atom. The number of nitrogens with one attached hydrogen (secondary N) is 1. The van der Waals surface area contributed by atoms with Crippen LogP contribution < -0.4 is 14.4 Å². The first-order valence-corrected chi connectivity index (χ1v) is 11.8. The summed E-state index contributed by atoms with van der Waals surface area (Å²) in [6, 6.07) is 13.2. The fourth-order valence-corrected chi connectivity index (χ4v) is 4.89. The van der Waals surface area contributed by atoms with Crippen molar-refractivity contribution in [3.63, 3.8) is 0 Å². The van der Waals surface area contributed by atoms with Crippen molar-refractivity contribution in [2.45, 2.75) is 51.0 Å². The molecule has 1 saturated heterocycles. The molecule has 0 saturated carbocycles. The summed E-state index contributed by atoms with van der Waals surface area (Å²) in [7, 11) is -1.99. The van der Waals surface area contributed by atoms with Gasteiger partial charge in [-0.1, -0.05) is 32.9 Å². The van der Waals surface area contributed by atoms with Gasteiger partial charge in [0.1, 0.15) is 5.75 Å². The van der Waals surface area contributed by atoms with Crippen molar-refractivity contribution < 1.29 is 13.2 Å². The highest BCUT2D eigenvalue weighted by Crippen LogP contribution is 2.29. The molecule has 1 aliphatic rings. The summed E-state index contributed by atoms with van der Waals surface area (Å²) in [6.45, 7) is 8.77. The number of anilines is 1. The van der Waals surface area contributed by atoms with E-state index < -0.39 is 10.0 Å². The summed E-state index contributed by atoms with van der Waals surface area (Å²) in [4.78, 5) is 2.67. The molecule has 6 heteroatoms. The highest BCUT2D eigenvalue weighted by molar-refractivity contribution is 7.89. The van der Waals surface area contributed by atoms with Crippen LogP contribution in [0.1, 0.15) is 50.7 Å². The highest BCUT2D eigenvalue weighted by atomic mass is 32.2. The van der Waals surface area contributed by atoms with Crippen LogP contribution in [0.15, 0.2) is 47.4 Å². The van der Waals surface area contributed by atoms with Crippen molar-refractivity contribution >= 4 is 15.7 Å². The Morgan fingerprint density at radius 2 is 1.90 bits per heavy atom. The van der Waals surface area contributed by atoms with Crippen LogP contribution >= 0.6 is 0 Å². The second-order valence-corrected chi connectivity index (χ2v) is 10.0. The number of piperidine rings is 1. The Morgan fingerprint density at radius 1 is 1.17 bits per heavy atom. The molecule has 0 amide bonds. The normalized spacial score (nSPS) is 17.6. The van der Waals surface area contributed by atoms with Gasteiger partial charge in [0, 0.05) is 25.3 Å². The van der Waals surface area contributed by atoms with Crippen LogP contribution in [0.4, 0.5) is 5.69 Å². The van der Waals surface area contributed by atoms with E-state index in [4.69, 9.17) is 4.74 Å². The minimum atomic E-state index is -3.59. The molecule has 2 aromatic rings. The van der Waals surface area contributed by atoms with Gasteiger partial charge in [-0.25, -0.2) is 13.1 Å². The first-order valence-electron chi connectivity index (χ1n) is 10.3. The van der Waals surface area contributed by atoms with E-state index >= 15 is 0 Å². The predicted octanol–water partition coefficient (Wildman–Crippen LogP) is 4.53. The monoisotopic (exact) mass is 416 g/mol. The smallest absolute Gasteiger partial charge is 0.240 e. The average molecular weight is 417 g/mol. The van der Waals surface area contributed by atoms with Crippen LogP contribution in [0, 0.1) is 5.92 Å². The van der Waals surface area contributed by atoms with Gasteiger partial charge in [0.2, 0.25) is 10.0 Å². The summed E-state index contributed by atoms with van der Waals surface area (Å²) in [6.07, 6.45) is 2.52. The molecule has 5 nitrogen and oxygen atoms in total. The van der Waals surface area contributed by atoms with Crippen molar-refractivity contribution in [3.05, 3.63) is 53.6 Å². The number of nitrogens with zero attached hydrogens (tertiary/aromatic N) is 1. The minimum absolute atomic E-state index is 0.171. The maximum atomic E-state index is 12.8. The van der Waals surface area contributed by atoms with Crippen molar-refractivity contribution in [2.24, 2.45) is 5.92 Å². The molecule has 0 aromatic heterocycles. The zero-order valence-electron chi connectivity index (χ0n) is 17.8. The number of sulfonamides is 1. The molecule has 2 aromatic carbocycles. The van der Waals surface area contributed by atoms with Gasteiger partial charge < -0.3 is 9.64 Å². The molecular formula is C23H32N2O3S. The van der Waals surface area contributed by atoms with Gasteiger partial charge in [-0.2, -0.15) is 0 Å². The van der Waals surface area contributed by atoms with E-state index in [0.717, 1.165) is 30.1 Å². The van der Waals surface area contributed by atoms with Crippen LogP contribution in [0.2, 0.25) is 0 Å². The second kappa shape index (κ2) is 9.18. The van der Waals surface area contributed by atoms with Gasteiger partial charge in [-0.05, 0) is 66.1 Å². The molecule has 1 aliphatic heterocycles. The molecule has 0 spiro atoms. The molecule has 0 aliphatic carbocycles. The first-order chi connectivity index (χ1) is 13.8. The maximum absolute atomic E-state index is 12.8. The molecule has 1 fully saturated rings. The van der Waals surface area contributed by atoms with Crippen LogP contribution in [0.5, 0.6) is 5.75 Å². The van der Waals surface area contributed by atoms with Crippen LogP contribution in [-0.2, 0) is 16.6 Å². The predicted molar refractivity (Wildman–Crippen MR) is 118 cm³/mol. The number of rotatable bonds is 7. The third kappa shape index (κ3) is 5.31. The number of methoxy groups -OCH3 is 1. The Kier molecular flexibility index (Phi) is 6.85. The fraction of sp³-hybridized carbons (Fsp3) is 0.478. The van der Waals surface area contributed by atoms with Crippen molar-refractivity contribution in [1.82, 2.24) is 4.72 Å². The van der Waals surface area contributed by atoms with E-state index in [2.05, 4.69) is 28.7 Å². The van der Waals surface area contributed by atoms with E-state index in [9.17, 15) is 8.42 Å². The molecule has 158 valence electrons. The fourth-order valence-electron chi connectivity index (χ4n) is 3.84. The number of hydrogen-bond donors (Lipinski definition) is 1. The lowest BCUT2D eigenvalue weighted by atomic mass is 9.99. The van der Waals surface area contributed by atoms with Gasteiger partial charge in [0.05, 0.1) is 12.0 Å². The molecule has 0 radical (unpaired) electrons. The van der Waals surface area contributed by atoms with E-state index in [1.165, 1.54) is 18.5 Å². The zero-order chi connectivity index (χ0) is 21.0. The third-order valence-electron chi connectivity index (χ3n) is 5.56.